The van der Waals surface area contributed by atoms with Crippen molar-refractivity contribution in [2.45, 2.75) is 31.3 Å². The molecule has 1 unspecified atom stereocenters. The average Bonchev–Trinajstić information content (AvgIpc) is 3.23. The molecule has 1 atom stereocenters. The van der Waals surface area contributed by atoms with Gasteiger partial charge in [0.25, 0.3) is 0 Å². The number of hydrogen-bond donors (Lipinski definition) is 1. The van der Waals surface area contributed by atoms with Crippen LogP contribution in [0.3, 0.4) is 0 Å². The smallest absolute Gasteiger partial charge is 0.0630 e. The van der Waals surface area contributed by atoms with Crippen molar-refractivity contribution in [3.63, 3.8) is 0 Å². The quantitative estimate of drug-likeness (QED) is 0.502. The van der Waals surface area contributed by atoms with Gasteiger partial charge in [-0.3, -0.25) is 4.90 Å². The van der Waals surface area contributed by atoms with Crippen molar-refractivity contribution in [1.82, 2.24) is 10.2 Å². The number of nitrogens with one attached hydrogen (secondary N) is 1. The first-order valence-electron chi connectivity index (χ1n) is 7.26. The number of rotatable bonds is 13. The van der Waals surface area contributed by atoms with Gasteiger partial charge in [0.05, 0.1) is 13.2 Å². The highest BCUT2D eigenvalue weighted by molar-refractivity contribution is 4.84. The van der Waals surface area contributed by atoms with Gasteiger partial charge >= 0.3 is 0 Å². The minimum absolute atomic E-state index is 0.414. The van der Waals surface area contributed by atoms with Crippen LogP contribution in [-0.2, 0) is 14.2 Å². The number of nitrogens with zero attached hydrogens (tertiary/aromatic N) is 1. The van der Waals surface area contributed by atoms with Gasteiger partial charge in [0.1, 0.15) is 0 Å². The molecule has 0 amide bonds. The number of hydrogen-bond acceptors (Lipinski definition) is 5. The van der Waals surface area contributed by atoms with Crippen molar-refractivity contribution in [3.8, 4) is 0 Å². The van der Waals surface area contributed by atoms with E-state index in [-0.39, 0.29) is 0 Å². The molecule has 1 fully saturated rings. The minimum Gasteiger partial charge on any atom is -0.385 e. The molecule has 0 saturated heterocycles. The zero-order valence-corrected chi connectivity index (χ0v) is 12.7. The van der Waals surface area contributed by atoms with Crippen molar-refractivity contribution in [2.24, 2.45) is 0 Å². The van der Waals surface area contributed by atoms with Crippen LogP contribution in [0.15, 0.2) is 0 Å². The highest BCUT2D eigenvalue weighted by Crippen LogP contribution is 2.18. The second-order valence-corrected chi connectivity index (χ2v) is 5.17. The Morgan fingerprint density at radius 1 is 1.05 bits per heavy atom. The van der Waals surface area contributed by atoms with Crippen molar-refractivity contribution < 1.29 is 14.2 Å². The Hall–Kier alpha value is -0.200. The summed E-state index contributed by atoms with van der Waals surface area (Å²) in [5.74, 6) is 0. The third kappa shape index (κ3) is 7.84. The average molecular weight is 274 g/mol. The van der Waals surface area contributed by atoms with Gasteiger partial charge in [0, 0.05) is 59.7 Å². The van der Waals surface area contributed by atoms with Crippen LogP contribution in [0, 0.1) is 0 Å². The summed E-state index contributed by atoms with van der Waals surface area (Å²) in [6.07, 6.45) is 3.69. The lowest BCUT2D eigenvalue weighted by Gasteiger charge is -2.31. The van der Waals surface area contributed by atoms with Crippen LogP contribution in [0.5, 0.6) is 0 Å². The molecule has 1 saturated carbocycles. The van der Waals surface area contributed by atoms with Crippen LogP contribution >= 0.6 is 0 Å². The van der Waals surface area contributed by atoms with Gasteiger partial charge in [-0.05, 0) is 19.3 Å². The zero-order valence-electron chi connectivity index (χ0n) is 12.7. The Morgan fingerprint density at radius 3 is 2.37 bits per heavy atom. The monoisotopic (exact) mass is 274 g/mol. The molecule has 0 aromatic carbocycles. The zero-order chi connectivity index (χ0) is 13.9. The maximum absolute atomic E-state index is 5.37. The summed E-state index contributed by atoms with van der Waals surface area (Å²) in [4.78, 5) is 2.45. The molecule has 0 radical (unpaired) electrons. The van der Waals surface area contributed by atoms with E-state index in [1.54, 1.807) is 21.3 Å². The first-order valence-corrected chi connectivity index (χ1v) is 7.26. The van der Waals surface area contributed by atoms with Gasteiger partial charge in [-0.15, -0.1) is 0 Å². The van der Waals surface area contributed by atoms with Crippen LogP contribution in [0.1, 0.15) is 19.3 Å². The lowest BCUT2D eigenvalue weighted by atomic mass is 10.2. The molecule has 0 bridgehead atoms. The van der Waals surface area contributed by atoms with Crippen molar-refractivity contribution in [3.05, 3.63) is 0 Å². The van der Waals surface area contributed by atoms with E-state index in [9.17, 15) is 0 Å². The molecule has 1 N–H and O–H groups in total. The molecule has 0 heterocycles. The Morgan fingerprint density at radius 2 is 1.79 bits per heavy atom. The van der Waals surface area contributed by atoms with Gasteiger partial charge in [0.15, 0.2) is 0 Å². The fraction of sp³-hybridized carbons (Fsp3) is 1.00. The van der Waals surface area contributed by atoms with E-state index < -0.39 is 0 Å². The molecule has 1 aliphatic rings. The molecule has 1 aliphatic carbocycles. The fourth-order valence-electron chi connectivity index (χ4n) is 2.17. The molecular weight excluding hydrogens is 244 g/mol. The molecule has 5 nitrogen and oxygen atoms in total. The maximum atomic E-state index is 5.37. The third-order valence-corrected chi connectivity index (χ3v) is 3.47. The maximum Gasteiger partial charge on any atom is 0.0630 e. The molecule has 1 rings (SSSR count). The lowest BCUT2D eigenvalue weighted by Crippen LogP contribution is -2.47. The van der Waals surface area contributed by atoms with Crippen LogP contribution in [0.2, 0.25) is 0 Å². The molecule has 0 spiro atoms. The summed E-state index contributed by atoms with van der Waals surface area (Å²) in [5.41, 5.74) is 0. The van der Waals surface area contributed by atoms with Crippen molar-refractivity contribution >= 4 is 0 Å². The van der Waals surface area contributed by atoms with Crippen LogP contribution in [0.25, 0.3) is 0 Å². The Balaban J connectivity index is 2.37. The van der Waals surface area contributed by atoms with E-state index >= 15 is 0 Å². The summed E-state index contributed by atoms with van der Waals surface area (Å²) >= 11 is 0. The molecule has 0 aromatic heterocycles. The molecule has 114 valence electrons. The Labute approximate surface area is 117 Å². The van der Waals surface area contributed by atoms with Gasteiger partial charge < -0.3 is 19.5 Å². The van der Waals surface area contributed by atoms with Crippen LogP contribution in [0.4, 0.5) is 0 Å². The van der Waals surface area contributed by atoms with E-state index in [0.717, 1.165) is 51.9 Å². The van der Waals surface area contributed by atoms with E-state index in [4.69, 9.17) is 14.2 Å². The number of ether oxygens (including phenoxy) is 3. The third-order valence-electron chi connectivity index (χ3n) is 3.47. The molecule has 19 heavy (non-hydrogen) atoms. The summed E-state index contributed by atoms with van der Waals surface area (Å²) in [5, 5.41) is 3.60. The van der Waals surface area contributed by atoms with E-state index in [2.05, 4.69) is 10.2 Å². The normalized spacial score (nSPS) is 17.1. The van der Waals surface area contributed by atoms with Gasteiger partial charge in [-0.25, -0.2) is 0 Å². The predicted octanol–water partition coefficient (Wildman–Crippen LogP) is 0.738. The lowest BCUT2D eigenvalue weighted by molar-refractivity contribution is 0.0603. The molecule has 5 heteroatoms. The first kappa shape index (κ1) is 16.9. The van der Waals surface area contributed by atoms with E-state index in [1.807, 2.05) is 0 Å². The van der Waals surface area contributed by atoms with Crippen molar-refractivity contribution in [1.29, 1.82) is 0 Å². The number of methoxy groups -OCH3 is 3. The minimum atomic E-state index is 0.414. The van der Waals surface area contributed by atoms with Gasteiger partial charge in [0.2, 0.25) is 0 Å². The SMILES string of the molecule is COCCCN(CCOC)C(CNC1CC1)COC. The standard InChI is InChI=1S/C14H30N2O3/c1-17-9-4-7-16(8-10-18-2)14(12-19-3)11-15-13-5-6-13/h13-15H,4-12H2,1-3H3. The second-order valence-electron chi connectivity index (χ2n) is 5.17. The summed E-state index contributed by atoms with van der Waals surface area (Å²) in [6.45, 7) is 5.29. The topological polar surface area (TPSA) is 43.0 Å². The Bertz CT molecular complexity index is 213. The van der Waals surface area contributed by atoms with Gasteiger partial charge in [-0.2, -0.15) is 0 Å². The molecule has 0 aliphatic heterocycles. The van der Waals surface area contributed by atoms with Gasteiger partial charge in [-0.1, -0.05) is 0 Å². The highest BCUT2D eigenvalue weighted by atomic mass is 16.5. The van der Waals surface area contributed by atoms with E-state index in [0.29, 0.717) is 6.04 Å². The molecule has 0 aromatic rings. The highest BCUT2D eigenvalue weighted by Gasteiger charge is 2.24. The van der Waals surface area contributed by atoms with Crippen LogP contribution in [-0.4, -0.2) is 77.8 Å². The summed E-state index contributed by atoms with van der Waals surface area (Å²) in [6, 6.07) is 1.15. The second kappa shape index (κ2) is 10.6. The summed E-state index contributed by atoms with van der Waals surface area (Å²) in [7, 11) is 5.27. The fourth-order valence-corrected chi connectivity index (χ4v) is 2.17. The summed E-state index contributed by atoms with van der Waals surface area (Å²) < 4.78 is 15.7. The predicted molar refractivity (Wildman–Crippen MR) is 76.6 cm³/mol. The first-order chi connectivity index (χ1) is 9.31. The van der Waals surface area contributed by atoms with E-state index in [1.165, 1.54) is 12.8 Å². The molecular formula is C14H30N2O3. The van der Waals surface area contributed by atoms with Crippen molar-refractivity contribution in [2.75, 3.05) is 60.8 Å². The largest absolute Gasteiger partial charge is 0.385 e. The van der Waals surface area contributed by atoms with Crippen LogP contribution < -0.4 is 5.32 Å². The Kier molecular flexibility index (Phi) is 9.38.